The van der Waals surface area contributed by atoms with Crippen molar-refractivity contribution in [2.24, 2.45) is 5.92 Å². The molecule has 1 saturated carbocycles. The molecule has 0 unspecified atom stereocenters. The summed E-state index contributed by atoms with van der Waals surface area (Å²) in [5, 5.41) is 11.9. The number of hydrogen-bond donors (Lipinski definition) is 2. The minimum absolute atomic E-state index is 0.109. The van der Waals surface area contributed by atoms with Crippen LogP contribution in [0.1, 0.15) is 65.9 Å². The van der Waals surface area contributed by atoms with Crippen LogP contribution in [-0.4, -0.2) is 73.2 Å². The average molecular weight is 692 g/mol. The second-order valence-corrected chi connectivity index (χ2v) is 15.1. The van der Waals surface area contributed by atoms with Gasteiger partial charge in [0.15, 0.2) is 5.69 Å². The highest BCUT2D eigenvalue weighted by molar-refractivity contribution is 7.87. The lowest BCUT2D eigenvalue weighted by molar-refractivity contribution is 0.0725. The fourth-order valence-corrected chi connectivity index (χ4v) is 8.48. The monoisotopic (exact) mass is 690 g/mol. The van der Waals surface area contributed by atoms with Crippen molar-refractivity contribution in [1.82, 2.24) is 24.2 Å². The van der Waals surface area contributed by atoms with Gasteiger partial charge in [0.2, 0.25) is 0 Å². The van der Waals surface area contributed by atoms with Crippen molar-refractivity contribution in [2.75, 3.05) is 44.4 Å². The Morgan fingerprint density at radius 1 is 1.07 bits per heavy atom. The molecule has 0 atom stereocenters. The molecule has 1 aromatic carbocycles. The molecule has 45 heavy (non-hydrogen) atoms. The van der Waals surface area contributed by atoms with Gasteiger partial charge in [-0.15, -0.1) is 11.3 Å². The number of nitrogens with one attached hydrogen (secondary N) is 2. The number of aromatic nitrogens is 2. The number of halogens is 2. The highest BCUT2D eigenvalue weighted by atomic mass is 35.5. The number of hydrogen-bond acceptors (Lipinski definition) is 7. The predicted molar refractivity (Wildman–Crippen MR) is 178 cm³/mol. The zero-order valence-electron chi connectivity index (χ0n) is 24.9. The molecule has 0 radical (unpaired) electrons. The molecule has 2 aromatic heterocycles. The summed E-state index contributed by atoms with van der Waals surface area (Å²) in [7, 11) is -3.85. The smallest absolute Gasteiger partial charge is 0.293 e. The van der Waals surface area contributed by atoms with Crippen LogP contribution in [0.25, 0.3) is 10.6 Å². The molecule has 4 heterocycles. The number of morpholine rings is 1. The summed E-state index contributed by atoms with van der Waals surface area (Å²) in [6, 6.07) is 8.92. The highest BCUT2D eigenvalue weighted by Crippen LogP contribution is 2.35. The van der Waals surface area contributed by atoms with Gasteiger partial charge >= 0.3 is 0 Å². The number of nitrogens with zero attached hydrogens (tertiary/aromatic N) is 4. The number of piperidine rings is 1. The molecule has 1 aliphatic carbocycles. The van der Waals surface area contributed by atoms with Crippen LogP contribution in [0.5, 0.6) is 0 Å². The number of aromatic amines is 1. The molecular weight excluding hydrogens is 655 g/mol. The van der Waals surface area contributed by atoms with E-state index in [1.165, 1.54) is 28.5 Å². The summed E-state index contributed by atoms with van der Waals surface area (Å²) in [5.41, 5.74) is 1.61. The molecule has 0 spiro atoms. The number of H-pyrrole nitrogens is 1. The van der Waals surface area contributed by atoms with Crippen molar-refractivity contribution in [3.8, 4) is 22.4 Å². The van der Waals surface area contributed by atoms with Gasteiger partial charge in [-0.2, -0.15) is 22.5 Å². The van der Waals surface area contributed by atoms with Crippen LogP contribution in [0.4, 0.5) is 5.69 Å². The Kier molecular flexibility index (Phi) is 10.5. The third-order valence-electron chi connectivity index (χ3n) is 8.36. The molecule has 14 heteroatoms. The second kappa shape index (κ2) is 14.5. The van der Waals surface area contributed by atoms with Gasteiger partial charge in [-0.25, -0.2) is 10.0 Å². The zero-order valence-corrected chi connectivity index (χ0v) is 28.0. The Balaban J connectivity index is 1.37. The van der Waals surface area contributed by atoms with E-state index < -0.39 is 16.1 Å². The number of ether oxygens (including phenoxy) is 1. The van der Waals surface area contributed by atoms with Crippen molar-refractivity contribution < 1.29 is 17.9 Å². The summed E-state index contributed by atoms with van der Waals surface area (Å²) >= 11 is 14.3. The van der Waals surface area contributed by atoms with E-state index in [0.717, 1.165) is 41.9 Å². The van der Waals surface area contributed by atoms with Gasteiger partial charge in [-0.05, 0) is 56.0 Å². The second-order valence-electron chi connectivity index (χ2n) is 11.4. The van der Waals surface area contributed by atoms with Crippen LogP contribution in [-0.2, 0) is 21.5 Å². The lowest BCUT2D eigenvalue weighted by atomic mass is 10.1. The van der Waals surface area contributed by atoms with Crippen molar-refractivity contribution >= 4 is 56.3 Å². The van der Waals surface area contributed by atoms with Gasteiger partial charge in [0.1, 0.15) is 0 Å². The maximum Gasteiger partial charge on any atom is 0.293 e. The fourth-order valence-electron chi connectivity index (χ4n) is 5.96. The van der Waals surface area contributed by atoms with E-state index in [2.05, 4.69) is 26.8 Å². The summed E-state index contributed by atoms with van der Waals surface area (Å²) in [5.74, 6) is 6.73. The Morgan fingerprint density at radius 2 is 1.82 bits per heavy atom. The van der Waals surface area contributed by atoms with Gasteiger partial charge in [0.05, 0.1) is 39.4 Å². The highest BCUT2D eigenvalue weighted by Gasteiger charge is 2.33. The van der Waals surface area contributed by atoms with Crippen molar-refractivity contribution in [3.05, 3.63) is 56.5 Å². The third kappa shape index (κ3) is 7.58. The number of carbonyl (C=O) groups excluding carboxylic acids is 1. The van der Waals surface area contributed by atoms with Gasteiger partial charge in [-0.3, -0.25) is 9.89 Å². The quantitative estimate of drug-likeness (QED) is 0.294. The Bertz CT molecular complexity index is 1680. The first-order valence-electron chi connectivity index (χ1n) is 15.4. The molecule has 6 rings (SSSR count). The number of carbonyl (C=O) groups is 1. The lowest BCUT2D eigenvalue weighted by Gasteiger charge is -2.37. The maximum atomic E-state index is 14.5. The van der Waals surface area contributed by atoms with Crippen LogP contribution in [0.3, 0.4) is 0 Å². The molecule has 1 amide bonds. The van der Waals surface area contributed by atoms with Crippen LogP contribution >= 0.6 is 34.5 Å². The van der Waals surface area contributed by atoms with Crippen molar-refractivity contribution in [1.29, 1.82) is 0 Å². The topological polar surface area (TPSA) is 111 Å². The molecule has 2 aliphatic heterocycles. The van der Waals surface area contributed by atoms with Crippen molar-refractivity contribution in [2.45, 2.75) is 51.5 Å². The molecule has 240 valence electrons. The molecule has 2 saturated heterocycles. The van der Waals surface area contributed by atoms with E-state index in [1.807, 2.05) is 17.1 Å². The minimum atomic E-state index is -3.85. The van der Waals surface area contributed by atoms with Crippen LogP contribution in [0, 0.1) is 17.8 Å². The number of benzene rings is 1. The molecular formula is C31H36Cl2N6O4S2. The summed E-state index contributed by atoms with van der Waals surface area (Å²) < 4.78 is 36.0. The summed E-state index contributed by atoms with van der Waals surface area (Å²) in [6.45, 7) is 2.35. The molecule has 2 N–H and O–H groups in total. The first kappa shape index (κ1) is 32.5. The van der Waals surface area contributed by atoms with Gasteiger partial charge in [0, 0.05) is 49.2 Å². The van der Waals surface area contributed by atoms with E-state index in [-0.39, 0.29) is 25.3 Å². The number of hydrazine groups is 1. The normalized spacial score (nSPS) is 18.5. The number of amides is 1. The maximum absolute atomic E-state index is 14.5. The zero-order chi connectivity index (χ0) is 31.4. The summed E-state index contributed by atoms with van der Waals surface area (Å²) in [6.07, 6.45) is 7.63. The standard InChI is InChI=1S/C31H36Cl2N6O4S2/c32-23-9-12-27(26(33)20-23)39(37-14-4-1-5-15-37)31(40)30-25(21-34-45(41,42)38-16-18-43-19-17-38)29(35-36-30)28-13-11-24(44-28)10-8-22-6-2-3-7-22/h9,11-13,20,22,34H,1-7,14-19,21H2,(H,35,36). The van der Waals surface area contributed by atoms with Gasteiger partial charge in [0.25, 0.3) is 16.1 Å². The first-order chi connectivity index (χ1) is 21.8. The van der Waals surface area contributed by atoms with E-state index in [9.17, 15) is 13.2 Å². The Morgan fingerprint density at radius 3 is 2.56 bits per heavy atom. The fraction of sp³-hybridized carbons (Fsp3) is 0.484. The van der Waals surface area contributed by atoms with E-state index >= 15 is 0 Å². The molecule has 10 nitrogen and oxygen atoms in total. The number of rotatable bonds is 8. The number of anilines is 1. The van der Waals surface area contributed by atoms with E-state index in [1.54, 1.807) is 23.2 Å². The van der Waals surface area contributed by atoms with Crippen LogP contribution in [0.2, 0.25) is 10.0 Å². The van der Waals surface area contributed by atoms with Crippen LogP contribution in [0.15, 0.2) is 30.3 Å². The molecule has 3 aromatic rings. The SMILES string of the molecule is O=C(c1n[nH]c(-c2ccc(C#CC3CCCC3)s2)c1CNS(=O)(=O)N1CCOCC1)N(c1ccc(Cl)cc1Cl)N1CCCCC1. The predicted octanol–water partition coefficient (Wildman–Crippen LogP) is 5.70. The van der Waals surface area contributed by atoms with Crippen LogP contribution < -0.4 is 9.73 Å². The largest absolute Gasteiger partial charge is 0.379 e. The van der Waals surface area contributed by atoms with Gasteiger partial charge in [-0.1, -0.05) is 54.3 Å². The molecule has 3 fully saturated rings. The van der Waals surface area contributed by atoms with E-state index in [0.29, 0.717) is 59.2 Å². The third-order valence-corrected chi connectivity index (χ3v) is 11.5. The van der Waals surface area contributed by atoms with Gasteiger partial charge < -0.3 is 4.74 Å². The Labute approximate surface area is 278 Å². The molecule has 0 bridgehead atoms. The number of thiophene rings is 1. The van der Waals surface area contributed by atoms with E-state index in [4.69, 9.17) is 27.9 Å². The summed E-state index contributed by atoms with van der Waals surface area (Å²) in [4.78, 5) is 16.2. The molecule has 3 aliphatic rings. The Hall–Kier alpha value is -2.47. The average Bonchev–Trinajstić information content (AvgIpc) is 3.82. The first-order valence-corrected chi connectivity index (χ1v) is 18.4. The van der Waals surface area contributed by atoms with Crippen molar-refractivity contribution in [3.63, 3.8) is 0 Å². The minimum Gasteiger partial charge on any atom is -0.379 e. The lowest BCUT2D eigenvalue weighted by Crippen LogP contribution is -2.50.